The fourth-order valence-electron chi connectivity index (χ4n) is 1.67. The van der Waals surface area contributed by atoms with Gasteiger partial charge in [-0.2, -0.15) is 0 Å². The fraction of sp³-hybridized carbons (Fsp3) is 0.250. The van der Waals surface area contributed by atoms with E-state index < -0.39 is 0 Å². The summed E-state index contributed by atoms with van der Waals surface area (Å²) >= 11 is 0. The number of carbonyl (C=O) groups excluding carboxylic acids is 1. The highest BCUT2D eigenvalue weighted by molar-refractivity contribution is 5.93. The number of nitrogens with zero attached hydrogens (tertiary/aromatic N) is 1. The molecule has 0 spiro atoms. The lowest BCUT2D eigenvalue weighted by Gasteiger charge is -2.05. The van der Waals surface area contributed by atoms with Gasteiger partial charge in [0, 0.05) is 11.6 Å². The van der Waals surface area contributed by atoms with Gasteiger partial charge in [0.25, 0.3) is 0 Å². The molecular formula is C12H13NO3. The molecule has 0 atom stereocenters. The number of benzene rings is 1. The van der Waals surface area contributed by atoms with Gasteiger partial charge in [0.2, 0.25) is 0 Å². The second kappa shape index (κ2) is 4.26. The summed E-state index contributed by atoms with van der Waals surface area (Å²) in [7, 11) is 1.61. The molecule has 0 fully saturated rings. The molecule has 0 saturated heterocycles. The minimum atomic E-state index is -0.370. The van der Waals surface area contributed by atoms with Crippen molar-refractivity contribution in [3.63, 3.8) is 0 Å². The van der Waals surface area contributed by atoms with Crippen LogP contribution in [-0.2, 0) is 4.74 Å². The molecule has 1 aromatic carbocycles. The van der Waals surface area contributed by atoms with Gasteiger partial charge in [-0.25, -0.2) is 4.79 Å². The number of aromatic nitrogens is 1. The van der Waals surface area contributed by atoms with Crippen LogP contribution in [0.2, 0.25) is 0 Å². The van der Waals surface area contributed by atoms with Crippen molar-refractivity contribution in [2.45, 2.75) is 6.92 Å². The third-order valence-corrected chi connectivity index (χ3v) is 2.38. The average Bonchev–Trinajstić information content (AvgIpc) is 2.72. The zero-order valence-corrected chi connectivity index (χ0v) is 9.27. The molecular weight excluding hydrogens is 206 g/mol. The van der Waals surface area contributed by atoms with E-state index in [1.807, 2.05) is 24.3 Å². The zero-order chi connectivity index (χ0) is 11.5. The first-order valence-corrected chi connectivity index (χ1v) is 5.09. The quantitative estimate of drug-likeness (QED) is 0.779. The average molecular weight is 219 g/mol. The molecule has 2 rings (SSSR count). The summed E-state index contributed by atoms with van der Waals surface area (Å²) in [5, 5.41) is 0.901. The Balaban J connectivity index is 2.53. The van der Waals surface area contributed by atoms with Crippen LogP contribution in [0.4, 0.5) is 4.79 Å². The van der Waals surface area contributed by atoms with Crippen LogP contribution in [0.3, 0.4) is 0 Å². The Kier molecular flexibility index (Phi) is 2.81. The molecule has 0 amide bonds. The molecule has 0 saturated carbocycles. The smallest absolute Gasteiger partial charge is 0.418 e. The number of rotatable bonds is 2. The molecule has 0 unspecified atom stereocenters. The normalized spacial score (nSPS) is 10.4. The van der Waals surface area contributed by atoms with E-state index in [9.17, 15) is 4.79 Å². The second-order valence-corrected chi connectivity index (χ2v) is 3.28. The van der Waals surface area contributed by atoms with Crippen molar-refractivity contribution in [1.29, 1.82) is 0 Å². The number of fused-ring (bicyclic) bond motifs is 1. The van der Waals surface area contributed by atoms with E-state index >= 15 is 0 Å². The third kappa shape index (κ3) is 1.62. The van der Waals surface area contributed by atoms with Crippen LogP contribution in [-0.4, -0.2) is 24.4 Å². The number of carbonyl (C=O) groups is 1. The SMILES string of the molecule is CCOC(=O)n1ccc2c(OC)cccc21. The van der Waals surface area contributed by atoms with Crippen LogP contribution in [0.15, 0.2) is 30.5 Å². The highest BCUT2D eigenvalue weighted by atomic mass is 16.5. The largest absolute Gasteiger partial charge is 0.496 e. The Labute approximate surface area is 93.4 Å². The summed E-state index contributed by atoms with van der Waals surface area (Å²) in [4.78, 5) is 11.6. The lowest BCUT2D eigenvalue weighted by molar-refractivity contribution is 0.155. The first-order valence-electron chi connectivity index (χ1n) is 5.09. The first-order chi connectivity index (χ1) is 7.77. The molecule has 0 radical (unpaired) electrons. The molecule has 2 aromatic rings. The number of ether oxygens (including phenoxy) is 2. The number of hydrogen-bond acceptors (Lipinski definition) is 3. The van der Waals surface area contributed by atoms with E-state index in [-0.39, 0.29) is 6.09 Å². The van der Waals surface area contributed by atoms with Crippen molar-refractivity contribution in [3.8, 4) is 5.75 Å². The molecule has 0 aliphatic heterocycles. The van der Waals surface area contributed by atoms with Crippen molar-refractivity contribution >= 4 is 17.0 Å². The van der Waals surface area contributed by atoms with Gasteiger partial charge >= 0.3 is 6.09 Å². The van der Waals surface area contributed by atoms with Gasteiger partial charge in [0.05, 0.1) is 19.2 Å². The summed E-state index contributed by atoms with van der Waals surface area (Å²) < 4.78 is 11.6. The van der Waals surface area contributed by atoms with Gasteiger partial charge in [0.15, 0.2) is 0 Å². The van der Waals surface area contributed by atoms with Gasteiger partial charge in [-0.1, -0.05) is 6.07 Å². The van der Waals surface area contributed by atoms with Crippen molar-refractivity contribution in [1.82, 2.24) is 4.57 Å². The Bertz CT molecular complexity index is 516. The maximum absolute atomic E-state index is 11.6. The second-order valence-electron chi connectivity index (χ2n) is 3.28. The van der Waals surface area contributed by atoms with Crippen LogP contribution in [0.25, 0.3) is 10.9 Å². The molecule has 1 heterocycles. The maximum atomic E-state index is 11.6. The highest BCUT2D eigenvalue weighted by Crippen LogP contribution is 2.26. The number of hydrogen-bond donors (Lipinski definition) is 0. The summed E-state index contributed by atoms with van der Waals surface area (Å²) in [6, 6.07) is 7.40. The predicted molar refractivity (Wildman–Crippen MR) is 60.9 cm³/mol. The van der Waals surface area contributed by atoms with Crippen molar-refractivity contribution in [3.05, 3.63) is 30.5 Å². The maximum Gasteiger partial charge on any atom is 0.418 e. The monoisotopic (exact) mass is 219 g/mol. The molecule has 1 aromatic heterocycles. The molecule has 84 valence electrons. The van der Waals surface area contributed by atoms with Gasteiger partial charge < -0.3 is 9.47 Å². The van der Waals surface area contributed by atoms with Crippen LogP contribution in [0.1, 0.15) is 6.92 Å². The van der Waals surface area contributed by atoms with Crippen LogP contribution in [0.5, 0.6) is 5.75 Å². The fourth-order valence-corrected chi connectivity index (χ4v) is 1.67. The minimum absolute atomic E-state index is 0.364. The van der Waals surface area contributed by atoms with Crippen LogP contribution in [0, 0.1) is 0 Å². The van der Waals surface area contributed by atoms with Gasteiger partial charge in [0.1, 0.15) is 5.75 Å². The Hall–Kier alpha value is -1.97. The van der Waals surface area contributed by atoms with Gasteiger partial charge in [-0.05, 0) is 25.1 Å². The Morgan fingerprint density at radius 2 is 2.19 bits per heavy atom. The first kappa shape index (κ1) is 10.5. The standard InChI is InChI=1S/C12H13NO3/c1-3-16-12(14)13-8-7-9-10(13)5-4-6-11(9)15-2/h4-8H,3H2,1-2H3. The van der Waals surface area contributed by atoms with E-state index in [0.29, 0.717) is 6.61 Å². The van der Waals surface area contributed by atoms with E-state index in [0.717, 1.165) is 16.7 Å². The Morgan fingerprint density at radius 1 is 1.38 bits per heavy atom. The molecule has 0 N–H and O–H groups in total. The lowest BCUT2D eigenvalue weighted by atomic mass is 10.2. The van der Waals surface area contributed by atoms with Gasteiger partial charge in [-0.3, -0.25) is 4.57 Å². The lowest BCUT2D eigenvalue weighted by Crippen LogP contribution is -2.11. The van der Waals surface area contributed by atoms with Gasteiger partial charge in [-0.15, -0.1) is 0 Å². The minimum Gasteiger partial charge on any atom is -0.496 e. The van der Waals surface area contributed by atoms with E-state index in [1.165, 1.54) is 4.57 Å². The highest BCUT2D eigenvalue weighted by Gasteiger charge is 2.11. The predicted octanol–water partition coefficient (Wildman–Crippen LogP) is 2.65. The zero-order valence-electron chi connectivity index (χ0n) is 9.27. The molecule has 0 bridgehead atoms. The Morgan fingerprint density at radius 3 is 2.88 bits per heavy atom. The molecule has 4 nitrogen and oxygen atoms in total. The summed E-state index contributed by atoms with van der Waals surface area (Å²) in [6.45, 7) is 2.15. The van der Waals surface area contributed by atoms with Crippen molar-refractivity contribution in [2.24, 2.45) is 0 Å². The van der Waals surface area contributed by atoms with Crippen LogP contribution >= 0.6 is 0 Å². The topological polar surface area (TPSA) is 40.5 Å². The number of methoxy groups -OCH3 is 1. The van der Waals surface area contributed by atoms with E-state index in [1.54, 1.807) is 20.2 Å². The molecule has 0 aliphatic rings. The van der Waals surface area contributed by atoms with Crippen LogP contribution < -0.4 is 4.74 Å². The molecule has 4 heteroatoms. The summed E-state index contributed by atoms with van der Waals surface area (Å²) in [5.41, 5.74) is 0.790. The third-order valence-electron chi connectivity index (χ3n) is 2.38. The van der Waals surface area contributed by atoms with E-state index in [4.69, 9.17) is 9.47 Å². The summed E-state index contributed by atoms with van der Waals surface area (Å²) in [5.74, 6) is 0.751. The summed E-state index contributed by atoms with van der Waals surface area (Å²) in [6.07, 6.45) is 1.32. The van der Waals surface area contributed by atoms with E-state index in [2.05, 4.69) is 0 Å². The molecule has 0 aliphatic carbocycles. The molecule has 16 heavy (non-hydrogen) atoms. The van der Waals surface area contributed by atoms with Crippen molar-refractivity contribution < 1.29 is 14.3 Å². The van der Waals surface area contributed by atoms with Crippen molar-refractivity contribution in [2.75, 3.05) is 13.7 Å².